The first-order chi connectivity index (χ1) is 17.3. The molecule has 1 amide bonds. The summed E-state index contributed by atoms with van der Waals surface area (Å²) in [5, 5.41) is 0.680. The van der Waals surface area contributed by atoms with E-state index in [1.54, 1.807) is 42.6 Å². The molecule has 0 unspecified atom stereocenters. The fraction of sp³-hybridized carbons (Fsp3) is 0.481. The number of hydrogen-bond acceptors (Lipinski definition) is 6. The minimum Gasteiger partial charge on any atom is -0.467 e. The first-order valence-corrected chi connectivity index (χ1v) is 15.0. The number of ether oxygens (including phenoxy) is 1. The second-order valence-corrected chi connectivity index (χ2v) is 12.8. The number of likely N-dealkylation sites (tertiary alicyclic amines) is 1. The van der Waals surface area contributed by atoms with Gasteiger partial charge >= 0.3 is 0 Å². The molecule has 5 rings (SSSR count). The van der Waals surface area contributed by atoms with Gasteiger partial charge in [0.25, 0.3) is 11.1 Å². The van der Waals surface area contributed by atoms with Crippen molar-refractivity contribution >= 4 is 37.5 Å². The highest BCUT2D eigenvalue weighted by molar-refractivity contribution is 7.89. The molecule has 2 fully saturated rings. The van der Waals surface area contributed by atoms with E-state index in [9.17, 15) is 13.2 Å². The average molecular weight is 528 g/mol. The van der Waals surface area contributed by atoms with E-state index in [2.05, 4.69) is 11.1 Å². The summed E-state index contributed by atoms with van der Waals surface area (Å²) in [7, 11) is -1.90. The van der Waals surface area contributed by atoms with Crippen LogP contribution < -0.4 is 4.74 Å². The van der Waals surface area contributed by atoms with Crippen molar-refractivity contribution in [2.75, 3.05) is 20.1 Å². The predicted octanol–water partition coefficient (Wildman–Crippen LogP) is 5.24. The van der Waals surface area contributed by atoms with Gasteiger partial charge < -0.3 is 9.64 Å². The Morgan fingerprint density at radius 3 is 2.39 bits per heavy atom. The Kier molecular flexibility index (Phi) is 7.32. The third-order valence-corrected chi connectivity index (χ3v) is 10.3. The Labute approximate surface area is 217 Å². The fourth-order valence-corrected chi connectivity index (χ4v) is 7.57. The van der Waals surface area contributed by atoms with Crippen molar-refractivity contribution in [2.45, 2.75) is 68.9 Å². The molecule has 0 bridgehead atoms. The number of nitrogens with zero attached hydrogens (tertiary/aromatic N) is 3. The van der Waals surface area contributed by atoms with Crippen LogP contribution in [0.2, 0.25) is 0 Å². The Bertz CT molecular complexity index is 1320. The summed E-state index contributed by atoms with van der Waals surface area (Å²) in [6, 6.07) is 12.6. The maximum Gasteiger partial charge on any atom is 0.274 e. The van der Waals surface area contributed by atoms with E-state index in [1.165, 1.54) is 10.7 Å². The summed E-state index contributed by atoms with van der Waals surface area (Å²) in [5.41, 5.74) is 2.63. The minimum atomic E-state index is -3.57. The van der Waals surface area contributed by atoms with Crippen LogP contribution in [0.3, 0.4) is 0 Å². The lowest BCUT2D eigenvalue weighted by Gasteiger charge is -2.32. The number of piperidine rings is 1. The van der Waals surface area contributed by atoms with Crippen molar-refractivity contribution in [1.82, 2.24) is 14.2 Å². The van der Waals surface area contributed by atoms with Crippen LogP contribution in [0.4, 0.5) is 0 Å². The van der Waals surface area contributed by atoms with Gasteiger partial charge in [0.2, 0.25) is 10.0 Å². The van der Waals surface area contributed by atoms with Gasteiger partial charge in [-0.1, -0.05) is 42.7 Å². The summed E-state index contributed by atoms with van der Waals surface area (Å²) in [6.45, 7) is 3.24. The zero-order valence-electron chi connectivity index (χ0n) is 20.9. The van der Waals surface area contributed by atoms with Gasteiger partial charge in [0.1, 0.15) is 6.10 Å². The second kappa shape index (κ2) is 10.5. The van der Waals surface area contributed by atoms with Crippen molar-refractivity contribution in [3.05, 3.63) is 53.6 Å². The van der Waals surface area contributed by atoms with Crippen LogP contribution in [-0.4, -0.2) is 60.8 Å². The second-order valence-electron chi connectivity index (χ2n) is 9.85. The molecule has 0 radical (unpaired) electrons. The van der Waals surface area contributed by atoms with Crippen LogP contribution in [0.1, 0.15) is 60.9 Å². The number of aryl methyl sites for hydroxylation is 1. The van der Waals surface area contributed by atoms with Crippen LogP contribution in [0.5, 0.6) is 5.19 Å². The van der Waals surface area contributed by atoms with E-state index in [4.69, 9.17) is 4.74 Å². The van der Waals surface area contributed by atoms with Crippen molar-refractivity contribution in [1.29, 1.82) is 0 Å². The normalized spacial score (nSPS) is 18.1. The fourth-order valence-electron chi connectivity index (χ4n) is 5.19. The Morgan fingerprint density at radius 1 is 1.03 bits per heavy atom. The lowest BCUT2D eigenvalue weighted by molar-refractivity contribution is 0.0595. The number of benzene rings is 2. The summed E-state index contributed by atoms with van der Waals surface area (Å²) in [6.07, 6.45) is 6.62. The van der Waals surface area contributed by atoms with Crippen LogP contribution in [0.25, 0.3) is 10.2 Å². The number of para-hydroxylation sites is 1. The summed E-state index contributed by atoms with van der Waals surface area (Å²) < 4.78 is 35.0. The predicted molar refractivity (Wildman–Crippen MR) is 142 cm³/mol. The maximum absolute atomic E-state index is 13.1. The molecule has 9 heteroatoms. The van der Waals surface area contributed by atoms with E-state index in [0.717, 1.165) is 54.3 Å². The van der Waals surface area contributed by atoms with Gasteiger partial charge in [0.15, 0.2) is 0 Å². The quantitative estimate of drug-likeness (QED) is 0.438. The highest BCUT2D eigenvalue weighted by Gasteiger charge is 2.30. The zero-order valence-corrected chi connectivity index (χ0v) is 22.5. The molecular formula is C27H33N3O4S2. The number of thiazole rings is 1. The van der Waals surface area contributed by atoms with Crippen molar-refractivity contribution < 1.29 is 17.9 Å². The maximum atomic E-state index is 13.1. The van der Waals surface area contributed by atoms with Gasteiger partial charge in [-0.25, -0.2) is 13.4 Å². The van der Waals surface area contributed by atoms with E-state index >= 15 is 0 Å². The summed E-state index contributed by atoms with van der Waals surface area (Å²) >= 11 is 1.56. The van der Waals surface area contributed by atoms with Crippen LogP contribution in [-0.2, 0) is 10.0 Å². The highest BCUT2D eigenvalue weighted by Crippen LogP contribution is 2.32. The number of fused-ring (bicyclic) bond motifs is 1. The molecule has 1 aliphatic heterocycles. The molecule has 2 heterocycles. The van der Waals surface area contributed by atoms with Gasteiger partial charge in [0.05, 0.1) is 15.1 Å². The lowest BCUT2D eigenvalue weighted by Crippen LogP contribution is -2.41. The molecule has 36 heavy (non-hydrogen) atoms. The number of amides is 1. The number of carbonyl (C=O) groups excluding carboxylic acids is 1. The first-order valence-electron chi connectivity index (χ1n) is 12.7. The SMILES string of the molecule is Cc1cccc2sc(OC3CCN(C(=O)c4ccc(S(=O)(=O)N(C)C5CCCCC5)cc4)CC3)nc12. The molecular weight excluding hydrogens is 494 g/mol. The van der Waals surface area contributed by atoms with Crippen LogP contribution in [0, 0.1) is 6.92 Å². The van der Waals surface area contributed by atoms with Gasteiger partial charge in [-0.05, 0) is 55.7 Å². The molecule has 1 aliphatic carbocycles. The minimum absolute atomic E-state index is 0.0257. The van der Waals surface area contributed by atoms with Crippen molar-refractivity contribution in [3.63, 3.8) is 0 Å². The lowest BCUT2D eigenvalue weighted by atomic mass is 9.96. The molecule has 0 N–H and O–H groups in total. The number of carbonyl (C=O) groups is 1. The number of aromatic nitrogens is 1. The Hall–Kier alpha value is -2.49. The summed E-state index contributed by atoms with van der Waals surface area (Å²) in [4.78, 5) is 19.8. The van der Waals surface area contributed by atoms with Crippen molar-refractivity contribution in [2.24, 2.45) is 0 Å². The molecule has 1 aromatic heterocycles. The molecule has 192 valence electrons. The van der Waals surface area contributed by atoms with Crippen molar-refractivity contribution in [3.8, 4) is 5.19 Å². The largest absolute Gasteiger partial charge is 0.467 e. The zero-order chi connectivity index (χ0) is 25.3. The average Bonchev–Trinajstić information content (AvgIpc) is 3.33. The smallest absolute Gasteiger partial charge is 0.274 e. The molecule has 0 spiro atoms. The van der Waals surface area contributed by atoms with Gasteiger partial charge in [0, 0.05) is 44.6 Å². The van der Waals surface area contributed by atoms with Crippen LogP contribution >= 0.6 is 11.3 Å². The molecule has 1 saturated carbocycles. The Morgan fingerprint density at radius 2 is 1.72 bits per heavy atom. The van der Waals surface area contributed by atoms with Gasteiger partial charge in [-0.3, -0.25) is 4.79 Å². The third-order valence-electron chi connectivity index (χ3n) is 7.46. The molecule has 0 atom stereocenters. The van der Waals surface area contributed by atoms with Crippen LogP contribution in [0.15, 0.2) is 47.4 Å². The van der Waals surface area contributed by atoms with E-state index < -0.39 is 10.0 Å². The topological polar surface area (TPSA) is 79.8 Å². The van der Waals surface area contributed by atoms with Gasteiger partial charge in [-0.2, -0.15) is 4.31 Å². The van der Waals surface area contributed by atoms with E-state index in [-0.39, 0.29) is 22.9 Å². The third kappa shape index (κ3) is 5.14. The number of hydrogen-bond donors (Lipinski definition) is 0. The molecule has 7 nitrogen and oxygen atoms in total. The molecule has 2 aromatic carbocycles. The number of sulfonamides is 1. The van der Waals surface area contributed by atoms with E-state index in [1.807, 2.05) is 24.0 Å². The molecule has 3 aromatic rings. The summed E-state index contributed by atoms with van der Waals surface area (Å²) in [5.74, 6) is -0.0753. The number of rotatable bonds is 6. The first kappa shape index (κ1) is 25.2. The standard InChI is InChI=1S/C27H33N3O4S2/c1-19-7-6-10-24-25(19)28-27(35-24)34-22-15-17-30(18-16-22)26(31)20-11-13-23(14-12-20)36(32,33)29(2)21-8-4-3-5-9-21/h6-7,10-14,21-22H,3-5,8-9,15-18H2,1-2H3. The monoisotopic (exact) mass is 527 g/mol. The molecule has 2 aliphatic rings. The van der Waals surface area contributed by atoms with E-state index in [0.29, 0.717) is 23.8 Å². The Balaban J connectivity index is 1.18. The molecule has 1 saturated heterocycles. The highest BCUT2D eigenvalue weighted by atomic mass is 32.2. The van der Waals surface area contributed by atoms with Gasteiger partial charge in [-0.15, -0.1) is 0 Å².